The SMILES string of the molecule is CCC1CCN(CC(O)c2c(C)cc(C)cc2C)CC1. The molecule has 1 aliphatic heterocycles. The Balaban J connectivity index is 2.00. The van der Waals surface area contributed by atoms with Crippen molar-refractivity contribution in [1.82, 2.24) is 4.90 Å². The molecule has 1 N–H and O–H groups in total. The molecule has 0 bridgehead atoms. The van der Waals surface area contributed by atoms with Gasteiger partial charge in [0.25, 0.3) is 0 Å². The number of hydrogen-bond acceptors (Lipinski definition) is 2. The predicted molar refractivity (Wildman–Crippen MR) is 85.1 cm³/mol. The molecule has 112 valence electrons. The normalized spacial score (nSPS) is 19.2. The molecule has 1 saturated heterocycles. The second-order valence-corrected chi connectivity index (χ2v) is 6.48. The lowest BCUT2D eigenvalue weighted by Crippen LogP contribution is -2.36. The molecule has 1 aliphatic rings. The molecular formula is C18H29NO. The minimum atomic E-state index is -0.353. The van der Waals surface area contributed by atoms with Gasteiger partial charge in [-0.25, -0.2) is 0 Å². The van der Waals surface area contributed by atoms with E-state index in [0.29, 0.717) is 0 Å². The first kappa shape index (κ1) is 15.5. The van der Waals surface area contributed by atoms with Crippen LogP contribution in [-0.2, 0) is 0 Å². The molecule has 1 aromatic carbocycles. The maximum atomic E-state index is 10.6. The highest BCUT2D eigenvalue weighted by Gasteiger charge is 2.22. The van der Waals surface area contributed by atoms with Gasteiger partial charge in [0.05, 0.1) is 6.10 Å². The number of nitrogens with zero attached hydrogens (tertiary/aromatic N) is 1. The van der Waals surface area contributed by atoms with E-state index in [4.69, 9.17) is 0 Å². The zero-order valence-electron chi connectivity index (χ0n) is 13.4. The summed E-state index contributed by atoms with van der Waals surface area (Å²) in [6.07, 6.45) is 3.52. The lowest BCUT2D eigenvalue weighted by atomic mass is 9.92. The second-order valence-electron chi connectivity index (χ2n) is 6.48. The Morgan fingerprint density at radius 2 is 1.70 bits per heavy atom. The minimum Gasteiger partial charge on any atom is -0.387 e. The summed E-state index contributed by atoms with van der Waals surface area (Å²) >= 11 is 0. The van der Waals surface area contributed by atoms with Crippen molar-refractivity contribution >= 4 is 0 Å². The molecule has 2 heteroatoms. The molecule has 20 heavy (non-hydrogen) atoms. The lowest BCUT2D eigenvalue weighted by Gasteiger charge is -2.33. The van der Waals surface area contributed by atoms with Gasteiger partial charge < -0.3 is 10.0 Å². The highest BCUT2D eigenvalue weighted by molar-refractivity contribution is 5.39. The highest BCUT2D eigenvalue weighted by Crippen LogP contribution is 2.26. The van der Waals surface area contributed by atoms with E-state index in [-0.39, 0.29) is 6.10 Å². The summed E-state index contributed by atoms with van der Waals surface area (Å²) in [6.45, 7) is 11.7. The summed E-state index contributed by atoms with van der Waals surface area (Å²) in [5.41, 5.74) is 4.85. The molecule has 1 heterocycles. The van der Waals surface area contributed by atoms with Crippen LogP contribution >= 0.6 is 0 Å². The molecular weight excluding hydrogens is 246 g/mol. The summed E-state index contributed by atoms with van der Waals surface area (Å²) in [5, 5.41) is 10.6. The van der Waals surface area contributed by atoms with Crippen LogP contribution in [0.5, 0.6) is 0 Å². The van der Waals surface area contributed by atoms with Gasteiger partial charge in [-0.15, -0.1) is 0 Å². The van der Waals surface area contributed by atoms with Gasteiger partial charge in [-0.2, -0.15) is 0 Å². The smallest absolute Gasteiger partial charge is 0.0922 e. The van der Waals surface area contributed by atoms with Crippen molar-refractivity contribution in [2.75, 3.05) is 19.6 Å². The summed E-state index contributed by atoms with van der Waals surface area (Å²) in [6, 6.07) is 4.35. The van der Waals surface area contributed by atoms with Gasteiger partial charge in [-0.05, 0) is 69.3 Å². The molecule has 1 fully saturated rings. The molecule has 0 aromatic heterocycles. The molecule has 0 saturated carbocycles. The molecule has 0 spiro atoms. The van der Waals surface area contributed by atoms with Crippen LogP contribution in [0.1, 0.15) is 54.5 Å². The number of aliphatic hydroxyl groups excluding tert-OH is 1. The van der Waals surface area contributed by atoms with Gasteiger partial charge >= 0.3 is 0 Å². The lowest BCUT2D eigenvalue weighted by molar-refractivity contribution is 0.0880. The van der Waals surface area contributed by atoms with Crippen molar-refractivity contribution in [2.45, 2.75) is 53.1 Å². The number of likely N-dealkylation sites (tertiary alicyclic amines) is 1. The summed E-state index contributed by atoms with van der Waals surface area (Å²) in [5.74, 6) is 0.895. The number of benzene rings is 1. The Morgan fingerprint density at radius 1 is 1.15 bits per heavy atom. The first-order valence-electron chi connectivity index (χ1n) is 7.99. The molecule has 2 nitrogen and oxygen atoms in total. The molecule has 0 aliphatic carbocycles. The van der Waals surface area contributed by atoms with E-state index in [1.165, 1.54) is 36.0 Å². The number of aryl methyl sites for hydroxylation is 3. The van der Waals surface area contributed by atoms with Crippen LogP contribution in [0.4, 0.5) is 0 Å². The Labute approximate surface area is 123 Å². The van der Waals surface area contributed by atoms with E-state index in [2.05, 4.69) is 44.7 Å². The van der Waals surface area contributed by atoms with Gasteiger partial charge in [0.2, 0.25) is 0 Å². The third-order valence-electron chi connectivity index (χ3n) is 4.79. The van der Waals surface area contributed by atoms with E-state index in [0.717, 1.165) is 31.1 Å². The summed E-state index contributed by atoms with van der Waals surface area (Å²) < 4.78 is 0. The molecule has 1 unspecified atom stereocenters. The molecule has 1 atom stereocenters. The fraction of sp³-hybridized carbons (Fsp3) is 0.667. The number of piperidine rings is 1. The fourth-order valence-corrected chi connectivity index (χ4v) is 3.63. The van der Waals surface area contributed by atoms with Crippen molar-refractivity contribution in [2.24, 2.45) is 5.92 Å². The Hall–Kier alpha value is -0.860. The van der Waals surface area contributed by atoms with E-state index in [1.807, 2.05) is 0 Å². The van der Waals surface area contributed by atoms with Gasteiger partial charge in [-0.3, -0.25) is 0 Å². The third-order valence-corrected chi connectivity index (χ3v) is 4.79. The van der Waals surface area contributed by atoms with Crippen LogP contribution in [0.2, 0.25) is 0 Å². The molecule has 0 radical (unpaired) electrons. The van der Waals surface area contributed by atoms with Crippen LogP contribution in [0.15, 0.2) is 12.1 Å². The average molecular weight is 275 g/mol. The second kappa shape index (κ2) is 6.73. The number of β-amino-alcohol motifs (C(OH)–C–C–N with tert-alkyl or cyclic N) is 1. The van der Waals surface area contributed by atoms with Crippen molar-refractivity contribution in [1.29, 1.82) is 0 Å². The molecule has 2 rings (SSSR count). The van der Waals surface area contributed by atoms with Gasteiger partial charge in [0.15, 0.2) is 0 Å². The minimum absolute atomic E-state index is 0.353. The standard InChI is InChI=1S/C18H29NO/c1-5-16-6-8-19(9-7-16)12-17(20)18-14(3)10-13(2)11-15(18)4/h10-11,16-17,20H,5-9,12H2,1-4H3. The Bertz CT molecular complexity index is 424. The van der Waals surface area contributed by atoms with Crippen LogP contribution in [0.3, 0.4) is 0 Å². The van der Waals surface area contributed by atoms with Gasteiger partial charge in [-0.1, -0.05) is 31.0 Å². The van der Waals surface area contributed by atoms with Crippen molar-refractivity contribution in [3.63, 3.8) is 0 Å². The quantitative estimate of drug-likeness (QED) is 0.904. The first-order valence-corrected chi connectivity index (χ1v) is 7.99. The topological polar surface area (TPSA) is 23.5 Å². The third kappa shape index (κ3) is 3.62. The van der Waals surface area contributed by atoms with E-state index in [1.54, 1.807) is 0 Å². The van der Waals surface area contributed by atoms with Crippen molar-refractivity contribution in [3.05, 3.63) is 34.4 Å². The summed E-state index contributed by atoms with van der Waals surface area (Å²) in [7, 11) is 0. The van der Waals surface area contributed by atoms with Gasteiger partial charge in [0, 0.05) is 6.54 Å². The van der Waals surface area contributed by atoms with Crippen LogP contribution in [-0.4, -0.2) is 29.6 Å². The maximum Gasteiger partial charge on any atom is 0.0922 e. The summed E-state index contributed by atoms with van der Waals surface area (Å²) in [4.78, 5) is 2.43. The average Bonchev–Trinajstić information content (AvgIpc) is 2.38. The number of rotatable bonds is 4. The highest BCUT2D eigenvalue weighted by atomic mass is 16.3. The van der Waals surface area contributed by atoms with Crippen LogP contribution in [0, 0.1) is 26.7 Å². The predicted octanol–water partition coefficient (Wildman–Crippen LogP) is 3.77. The zero-order chi connectivity index (χ0) is 14.7. The Kier molecular flexibility index (Phi) is 5.22. The largest absolute Gasteiger partial charge is 0.387 e. The molecule has 0 amide bonds. The zero-order valence-corrected chi connectivity index (χ0v) is 13.4. The van der Waals surface area contributed by atoms with Crippen molar-refractivity contribution < 1.29 is 5.11 Å². The van der Waals surface area contributed by atoms with E-state index < -0.39 is 0 Å². The van der Waals surface area contributed by atoms with Crippen molar-refractivity contribution in [3.8, 4) is 0 Å². The van der Waals surface area contributed by atoms with Crippen LogP contribution in [0.25, 0.3) is 0 Å². The first-order chi connectivity index (χ1) is 9.51. The Morgan fingerprint density at radius 3 is 2.20 bits per heavy atom. The van der Waals surface area contributed by atoms with E-state index in [9.17, 15) is 5.11 Å². The fourth-order valence-electron chi connectivity index (χ4n) is 3.63. The maximum absolute atomic E-state index is 10.6. The molecule has 1 aromatic rings. The monoisotopic (exact) mass is 275 g/mol. The van der Waals surface area contributed by atoms with E-state index >= 15 is 0 Å². The van der Waals surface area contributed by atoms with Crippen LogP contribution < -0.4 is 0 Å². The number of hydrogen-bond donors (Lipinski definition) is 1. The number of aliphatic hydroxyl groups is 1. The van der Waals surface area contributed by atoms with Gasteiger partial charge in [0.1, 0.15) is 0 Å².